The third kappa shape index (κ3) is 26.1. The van der Waals surface area contributed by atoms with Crippen LogP contribution >= 0.6 is 43.2 Å². The highest BCUT2D eigenvalue weighted by Crippen LogP contribution is 2.29. The van der Waals surface area contributed by atoms with Gasteiger partial charge in [-0.2, -0.15) is 0 Å². The molecule has 0 unspecified atom stereocenters. The van der Waals surface area contributed by atoms with Crippen molar-refractivity contribution in [1.82, 2.24) is 0 Å². The van der Waals surface area contributed by atoms with E-state index in [-0.39, 0.29) is 0 Å². The topological polar surface area (TPSA) is 0 Å². The third-order valence-electron chi connectivity index (χ3n) is 1.69. The molecule has 0 atom stereocenters. The van der Waals surface area contributed by atoms with Gasteiger partial charge in [-0.15, -0.1) is 0 Å². The van der Waals surface area contributed by atoms with Crippen molar-refractivity contribution in [1.29, 1.82) is 0 Å². The van der Waals surface area contributed by atoms with Crippen LogP contribution in [-0.2, 0) is 0 Å². The quantitative estimate of drug-likeness (QED) is 0.308. The molecule has 0 radical (unpaired) electrons. The first-order valence-electron chi connectivity index (χ1n) is 7.11. The van der Waals surface area contributed by atoms with Gasteiger partial charge in [-0.1, -0.05) is 97.6 Å². The molecule has 0 spiro atoms. The van der Waals surface area contributed by atoms with Crippen molar-refractivity contribution in [2.45, 2.75) is 77.7 Å². The summed E-state index contributed by atoms with van der Waals surface area (Å²) in [6.45, 7) is 13.4. The SMILES string of the molecule is CC(C)SSC(C)C.CCCCSSCCCC. The molecule has 0 aromatic rings. The van der Waals surface area contributed by atoms with E-state index in [0.717, 1.165) is 10.5 Å². The lowest BCUT2D eigenvalue weighted by molar-refractivity contribution is 0.895. The lowest BCUT2D eigenvalue weighted by atomic mass is 10.4. The van der Waals surface area contributed by atoms with Crippen LogP contribution in [0.15, 0.2) is 0 Å². The van der Waals surface area contributed by atoms with Crippen LogP contribution in [0.1, 0.15) is 67.2 Å². The Hall–Kier alpha value is 1.40. The Bertz CT molecular complexity index is 122. The van der Waals surface area contributed by atoms with E-state index in [2.05, 4.69) is 41.5 Å². The first-order valence-corrected chi connectivity index (χ1v) is 11.9. The van der Waals surface area contributed by atoms with Crippen molar-refractivity contribution < 1.29 is 0 Å². The standard InChI is InChI=1S/C8H18S2.C6H14S2/c1-3-5-7-9-10-8-6-4-2;1-5(2)7-8-6(3)4/h3-8H2,1-2H3;5-6H,1-4H3. The molecule has 0 heterocycles. The molecule has 18 heavy (non-hydrogen) atoms. The van der Waals surface area contributed by atoms with E-state index in [0.29, 0.717) is 0 Å². The molecule has 4 heteroatoms. The molecule has 0 amide bonds. The Morgan fingerprint density at radius 1 is 0.667 bits per heavy atom. The maximum Gasteiger partial charge on any atom is 0.00945 e. The fourth-order valence-electron chi connectivity index (χ4n) is 0.747. The Kier molecular flexibility index (Phi) is 22.2. The predicted octanol–water partition coefficient (Wildman–Crippen LogP) is 7.15. The van der Waals surface area contributed by atoms with Crippen LogP contribution in [-0.4, -0.2) is 22.0 Å². The lowest BCUT2D eigenvalue weighted by Crippen LogP contribution is -1.86. The van der Waals surface area contributed by atoms with Gasteiger partial charge < -0.3 is 0 Å². The summed E-state index contributed by atoms with van der Waals surface area (Å²) in [5.41, 5.74) is 0. The maximum absolute atomic E-state index is 2.25. The maximum atomic E-state index is 2.25. The van der Waals surface area contributed by atoms with Crippen LogP contribution in [0.2, 0.25) is 0 Å². The normalized spacial score (nSPS) is 10.7. The Balaban J connectivity index is 0. The van der Waals surface area contributed by atoms with Crippen LogP contribution in [0.4, 0.5) is 0 Å². The van der Waals surface area contributed by atoms with Gasteiger partial charge in [0.1, 0.15) is 0 Å². The zero-order valence-electron chi connectivity index (χ0n) is 13.0. The van der Waals surface area contributed by atoms with Gasteiger partial charge in [0.15, 0.2) is 0 Å². The van der Waals surface area contributed by atoms with E-state index in [1.54, 1.807) is 0 Å². The fourth-order valence-corrected chi connectivity index (χ4v) is 4.99. The average molecular weight is 329 g/mol. The van der Waals surface area contributed by atoms with Gasteiger partial charge >= 0.3 is 0 Å². The van der Waals surface area contributed by atoms with Crippen molar-refractivity contribution in [3.8, 4) is 0 Å². The molecule has 0 N–H and O–H groups in total. The Morgan fingerprint density at radius 3 is 1.22 bits per heavy atom. The van der Waals surface area contributed by atoms with Gasteiger partial charge in [-0.25, -0.2) is 0 Å². The molecule has 0 aliphatic heterocycles. The van der Waals surface area contributed by atoms with E-state index < -0.39 is 0 Å². The zero-order valence-corrected chi connectivity index (χ0v) is 16.3. The van der Waals surface area contributed by atoms with Gasteiger partial charge in [0, 0.05) is 22.0 Å². The van der Waals surface area contributed by atoms with Crippen LogP contribution in [0.25, 0.3) is 0 Å². The minimum atomic E-state index is 0.766. The minimum absolute atomic E-state index is 0.766. The summed E-state index contributed by atoms with van der Waals surface area (Å²) in [6.07, 6.45) is 5.43. The highest BCUT2D eigenvalue weighted by Gasteiger charge is 1.96. The number of hydrogen-bond donors (Lipinski definition) is 0. The van der Waals surface area contributed by atoms with Crippen LogP contribution in [0.3, 0.4) is 0 Å². The Labute approximate surface area is 132 Å². The predicted molar refractivity (Wildman–Crippen MR) is 100 cm³/mol. The van der Waals surface area contributed by atoms with Crippen molar-refractivity contribution >= 4 is 43.2 Å². The van der Waals surface area contributed by atoms with Crippen molar-refractivity contribution in [2.75, 3.05) is 11.5 Å². The van der Waals surface area contributed by atoms with Crippen molar-refractivity contribution in [3.05, 3.63) is 0 Å². The molecule has 0 saturated heterocycles. The largest absolute Gasteiger partial charge is 0.0942 e. The lowest BCUT2D eigenvalue weighted by Gasteiger charge is -2.04. The van der Waals surface area contributed by atoms with Crippen LogP contribution in [0.5, 0.6) is 0 Å². The second-order valence-electron chi connectivity index (χ2n) is 4.64. The third-order valence-corrected chi connectivity index (χ3v) is 7.79. The van der Waals surface area contributed by atoms with Crippen molar-refractivity contribution in [3.63, 3.8) is 0 Å². The summed E-state index contributed by atoms with van der Waals surface area (Å²) < 4.78 is 0. The second-order valence-corrected chi connectivity index (χ2v) is 10.8. The highest BCUT2D eigenvalue weighted by atomic mass is 33.1. The van der Waals surface area contributed by atoms with E-state index in [4.69, 9.17) is 0 Å². The fraction of sp³-hybridized carbons (Fsp3) is 1.00. The molecule has 0 fully saturated rings. The van der Waals surface area contributed by atoms with E-state index in [1.807, 2.05) is 43.2 Å². The summed E-state index contributed by atoms with van der Waals surface area (Å²) in [6, 6.07) is 0. The molecule has 0 nitrogen and oxygen atoms in total. The molecule has 0 saturated carbocycles. The molecule has 0 bridgehead atoms. The van der Waals surface area contributed by atoms with Crippen LogP contribution in [0, 0.1) is 0 Å². The molecule has 0 aliphatic rings. The van der Waals surface area contributed by atoms with Crippen LogP contribution < -0.4 is 0 Å². The smallest absolute Gasteiger partial charge is 0.00945 e. The number of hydrogen-bond acceptors (Lipinski definition) is 4. The minimum Gasteiger partial charge on any atom is -0.0942 e. The molecule has 0 aliphatic carbocycles. The molecular weight excluding hydrogens is 296 g/mol. The van der Waals surface area contributed by atoms with Gasteiger partial charge in [-0.3, -0.25) is 0 Å². The van der Waals surface area contributed by atoms with E-state index in [9.17, 15) is 0 Å². The van der Waals surface area contributed by atoms with E-state index in [1.165, 1.54) is 37.2 Å². The summed E-state index contributed by atoms with van der Waals surface area (Å²) in [4.78, 5) is 0. The first-order chi connectivity index (χ1) is 8.54. The zero-order chi connectivity index (χ0) is 14.2. The monoisotopic (exact) mass is 328 g/mol. The van der Waals surface area contributed by atoms with Gasteiger partial charge in [0.2, 0.25) is 0 Å². The average Bonchev–Trinajstić information content (AvgIpc) is 2.32. The van der Waals surface area contributed by atoms with Crippen molar-refractivity contribution in [2.24, 2.45) is 0 Å². The summed E-state index contributed by atoms with van der Waals surface area (Å²) in [5, 5.41) is 1.53. The highest BCUT2D eigenvalue weighted by molar-refractivity contribution is 8.77. The van der Waals surface area contributed by atoms with Gasteiger partial charge in [0.25, 0.3) is 0 Å². The molecular formula is C14H32S4. The van der Waals surface area contributed by atoms with Gasteiger partial charge in [0.05, 0.1) is 0 Å². The Morgan fingerprint density at radius 2 is 1.00 bits per heavy atom. The molecule has 0 rings (SSSR count). The first kappa shape index (κ1) is 21.7. The summed E-state index contributed by atoms with van der Waals surface area (Å²) >= 11 is 0. The summed E-state index contributed by atoms with van der Waals surface area (Å²) in [5.74, 6) is 2.68. The molecule has 112 valence electrons. The van der Waals surface area contributed by atoms with E-state index >= 15 is 0 Å². The number of rotatable bonds is 10. The van der Waals surface area contributed by atoms with Gasteiger partial charge in [-0.05, 0) is 12.8 Å². The molecule has 0 aromatic carbocycles. The number of unbranched alkanes of at least 4 members (excludes halogenated alkanes) is 2. The summed E-state index contributed by atoms with van der Waals surface area (Å²) in [7, 11) is 7.98. The second kappa shape index (κ2) is 18.4. The molecule has 0 aromatic heterocycles.